The second-order valence-electron chi connectivity index (χ2n) is 4.21. The molecule has 1 aromatic carbocycles. The lowest BCUT2D eigenvalue weighted by molar-refractivity contribution is 0.182. The zero-order valence-corrected chi connectivity index (χ0v) is 11.8. The molecule has 1 aromatic heterocycles. The molecule has 2 rings (SSSR count). The second-order valence-corrected chi connectivity index (χ2v) is 4.62. The van der Waals surface area contributed by atoms with Gasteiger partial charge in [-0.25, -0.2) is 9.82 Å². The van der Waals surface area contributed by atoms with Crippen molar-refractivity contribution in [3.05, 3.63) is 52.6 Å². The van der Waals surface area contributed by atoms with Crippen molar-refractivity contribution in [2.45, 2.75) is 12.6 Å². The minimum absolute atomic E-state index is 0.356. The van der Waals surface area contributed by atoms with Crippen LogP contribution in [0, 0.1) is 5.82 Å². The van der Waals surface area contributed by atoms with E-state index in [1.54, 1.807) is 30.0 Å². The summed E-state index contributed by atoms with van der Waals surface area (Å²) in [7, 11) is 1.60. The number of aromatic nitrogens is 2. The highest BCUT2D eigenvalue weighted by Gasteiger charge is 2.23. The Kier molecular flexibility index (Phi) is 5.08. The molecule has 1 heterocycles. The topological polar surface area (TPSA) is 65.1 Å². The summed E-state index contributed by atoms with van der Waals surface area (Å²) < 4.78 is 20.6. The highest BCUT2D eigenvalue weighted by Crippen LogP contribution is 2.29. The third-order valence-corrected chi connectivity index (χ3v) is 3.29. The van der Waals surface area contributed by atoms with E-state index in [-0.39, 0.29) is 5.82 Å². The quantitative estimate of drug-likeness (QED) is 0.631. The van der Waals surface area contributed by atoms with Crippen LogP contribution >= 0.6 is 11.6 Å². The van der Waals surface area contributed by atoms with Crippen LogP contribution in [-0.4, -0.2) is 23.5 Å². The van der Waals surface area contributed by atoms with E-state index in [0.29, 0.717) is 29.4 Å². The second kappa shape index (κ2) is 6.81. The molecule has 5 nitrogen and oxygen atoms in total. The van der Waals surface area contributed by atoms with E-state index >= 15 is 0 Å². The molecule has 0 aliphatic carbocycles. The van der Waals surface area contributed by atoms with Crippen molar-refractivity contribution >= 4 is 11.6 Å². The summed E-state index contributed by atoms with van der Waals surface area (Å²) in [5.41, 5.74) is 3.61. The normalized spacial score (nSPS) is 12.6. The van der Waals surface area contributed by atoms with Gasteiger partial charge >= 0.3 is 0 Å². The van der Waals surface area contributed by atoms with Gasteiger partial charge in [0.2, 0.25) is 0 Å². The number of halogens is 2. The first kappa shape index (κ1) is 14.9. The Hall–Kier alpha value is -1.47. The fraction of sp³-hybridized carbons (Fsp3) is 0.308. The van der Waals surface area contributed by atoms with Crippen LogP contribution in [0.3, 0.4) is 0 Å². The molecule has 0 amide bonds. The van der Waals surface area contributed by atoms with Gasteiger partial charge in [-0.15, -0.1) is 0 Å². The number of nitrogens with two attached hydrogens (primary N) is 1. The van der Waals surface area contributed by atoms with Gasteiger partial charge in [0.1, 0.15) is 5.82 Å². The zero-order chi connectivity index (χ0) is 14.5. The monoisotopic (exact) mass is 298 g/mol. The number of methoxy groups -OCH3 is 1. The van der Waals surface area contributed by atoms with E-state index in [9.17, 15) is 4.39 Å². The fourth-order valence-electron chi connectivity index (χ4n) is 2.04. The maximum Gasteiger partial charge on any atom is 0.128 e. The van der Waals surface area contributed by atoms with Gasteiger partial charge in [0.15, 0.2) is 0 Å². The van der Waals surface area contributed by atoms with Crippen LogP contribution in [0.2, 0.25) is 5.02 Å². The third kappa shape index (κ3) is 2.99. The molecule has 0 aliphatic heterocycles. The van der Waals surface area contributed by atoms with Crippen molar-refractivity contribution < 1.29 is 9.13 Å². The van der Waals surface area contributed by atoms with Crippen molar-refractivity contribution in [1.29, 1.82) is 0 Å². The summed E-state index contributed by atoms with van der Waals surface area (Å²) in [5.74, 6) is 5.23. The number of benzene rings is 1. The summed E-state index contributed by atoms with van der Waals surface area (Å²) in [5, 5.41) is 4.59. The number of hydrogen-bond donors (Lipinski definition) is 2. The Morgan fingerprint density at radius 3 is 2.90 bits per heavy atom. The van der Waals surface area contributed by atoms with Crippen molar-refractivity contribution in [1.82, 2.24) is 15.2 Å². The summed E-state index contributed by atoms with van der Waals surface area (Å²) in [6, 6.07) is 5.82. The van der Waals surface area contributed by atoms with Crippen molar-refractivity contribution in [3.63, 3.8) is 0 Å². The Balaban J connectivity index is 2.42. The number of nitrogens with zero attached hydrogens (tertiary/aromatic N) is 2. The van der Waals surface area contributed by atoms with Gasteiger partial charge in [-0.1, -0.05) is 29.8 Å². The van der Waals surface area contributed by atoms with E-state index in [4.69, 9.17) is 22.2 Å². The summed E-state index contributed by atoms with van der Waals surface area (Å²) in [6.07, 6.45) is 1.51. The lowest BCUT2D eigenvalue weighted by Gasteiger charge is -2.19. The molecule has 108 valence electrons. The molecule has 1 unspecified atom stereocenters. The van der Waals surface area contributed by atoms with Crippen LogP contribution in [0.4, 0.5) is 4.39 Å². The summed E-state index contributed by atoms with van der Waals surface area (Å²) in [6.45, 7) is 0.977. The first-order valence-electron chi connectivity index (χ1n) is 6.09. The fourth-order valence-corrected chi connectivity index (χ4v) is 2.29. The first-order chi connectivity index (χ1) is 9.69. The predicted octanol–water partition coefficient (Wildman–Crippen LogP) is 1.87. The number of hydrogen-bond acceptors (Lipinski definition) is 4. The number of ether oxygens (including phenoxy) is 1. The smallest absolute Gasteiger partial charge is 0.128 e. The minimum atomic E-state index is -0.581. The van der Waals surface area contributed by atoms with Crippen LogP contribution < -0.4 is 11.3 Å². The van der Waals surface area contributed by atoms with Gasteiger partial charge in [0, 0.05) is 12.7 Å². The van der Waals surface area contributed by atoms with Crippen LogP contribution in [0.5, 0.6) is 0 Å². The Morgan fingerprint density at radius 1 is 1.50 bits per heavy atom. The van der Waals surface area contributed by atoms with Crippen LogP contribution in [0.15, 0.2) is 30.5 Å². The van der Waals surface area contributed by atoms with Gasteiger partial charge in [0.25, 0.3) is 0 Å². The van der Waals surface area contributed by atoms with Gasteiger partial charge in [-0.05, 0) is 6.07 Å². The van der Waals surface area contributed by atoms with E-state index in [1.165, 1.54) is 12.3 Å². The molecule has 2 aromatic rings. The maximum absolute atomic E-state index is 13.9. The Labute approximate surface area is 121 Å². The van der Waals surface area contributed by atoms with E-state index in [1.807, 2.05) is 0 Å². The van der Waals surface area contributed by atoms with E-state index < -0.39 is 6.04 Å². The molecule has 1 atom stereocenters. The molecular formula is C13H16ClFN4O. The van der Waals surface area contributed by atoms with Crippen LogP contribution in [-0.2, 0) is 11.3 Å². The molecule has 0 bridgehead atoms. The van der Waals surface area contributed by atoms with Crippen molar-refractivity contribution in [3.8, 4) is 0 Å². The average molecular weight is 299 g/mol. The largest absolute Gasteiger partial charge is 0.383 e. The highest BCUT2D eigenvalue weighted by molar-refractivity contribution is 6.31. The van der Waals surface area contributed by atoms with Gasteiger partial charge in [-0.2, -0.15) is 5.10 Å². The average Bonchev–Trinajstić information content (AvgIpc) is 2.81. The Morgan fingerprint density at radius 2 is 2.25 bits per heavy atom. The lowest BCUT2D eigenvalue weighted by Crippen LogP contribution is -2.32. The lowest BCUT2D eigenvalue weighted by atomic mass is 10.0. The molecule has 0 fully saturated rings. The maximum atomic E-state index is 13.9. The summed E-state index contributed by atoms with van der Waals surface area (Å²) in [4.78, 5) is 0. The van der Waals surface area contributed by atoms with Gasteiger partial charge in [0.05, 0.1) is 36.1 Å². The molecule has 0 saturated heterocycles. The number of rotatable bonds is 6. The standard InChI is InChI=1S/C13H16ClFN4O/c1-20-7-6-19-13(10(14)8-17-19)12(18-16)9-4-2-3-5-11(9)15/h2-5,8,12,18H,6-7,16H2,1H3. The summed E-state index contributed by atoms with van der Waals surface area (Å²) >= 11 is 6.16. The van der Waals surface area contributed by atoms with E-state index in [0.717, 1.165) is 0 Å². The first-order valence-corrected chi connectivity index (χ1v) is 6.47. The van der Waals surface area contributed by atoms with Crippen molar-refractivity contribution in [2.75, 3.05) is 13.7 Å². The third-order valence-electron chi connectivity index (χ3n) is 3.00. The predicted molar refractivity (Wildman–Crippen MR) is 74.7 cm³/mol. The van der Waals surface area contributed by atoms with Gasteiger partial charge < -0.3 is 4.74 Å². The minimum Gasteiger partial charge on any atom is -0.383 e. The highest BCUT2D eigenvalue weighted by atomic mass is 35.5. The van der Waals surface area contributed by atoms with Gasteiger partial charge in [-0.3, -0.25) is 10.5 Å². The van der Waals surface area contributed by atoms with Crippen molar-refractivity contribution in [2.24, 2.45) is 5.84 Å². The van der Waals surface area contributed by atoms with Crippen LogP contribution in [0.25, 0.3) is 0 Å². The number of hydrazine groups is 1. The molecule has 0 spiro atoms. The molecule has 0 radical (unpaired) electrons. The SMILES string of the molecule is COCCn1ncc(Cl)c1C(NN)c1ccccc1F. The molecule has 0 saturated carbocycles. The molecule has 0 aliphatic rings. The Bertz CT molecular complexity index is 575. The molecule has 3 N–H and O–H groups in total. The van der Waals surface area contributed by atoms with Crippen LogP contribution in [0.1, 0.15) is 17.3 Å². The van der Waals surface area contributed by atoms with E-state index in [2.05, 4.69) is 10.5 Å². The zero-order valence-electron chi connectivity index (χ0n) is 11.0. The molecule has 20 heavy (non-hydrogen) atoms. The molecular weight excluding hydrogens is 283 g/mol. The number of nitrogens with one attached hydrogen (secondary N) is 1. The molecule has 7 heteroatoms.